The highest BCUT2D eigenvalue weighted by Gasteiger charge is 2.24. The summed E-state index contributed by atoms with van der Waals surface area (Å²) in [5.41, 5.74) is 2.18. The van der Waals surface area contributed by atoms with E-state index in [-0.39, 0.29) is 5.91 Å². The van der Waals surface area contributed by atoms with Crippen LogP contribution in [0, 0.1) is 0 Å². The van der Waals surface area contributed by atoms with Gasteiger partial charge in [0.05, 0.1) is 5.56 Å². The fraction of sp³-hybridized carbons (Fsp3) is 0.667. The molecule has 0 N–H and O–H groups in total. The van der Waals surface area contributed by atoms with Gasteiger partial charge in [-0.2, -0.15) is 0 Å². The molecule has 0 unspecified atom stereocenters. The molecular weight excluding hydrogens is 224 g/mol. The van der Waals surface area contributed by atoms with Gasteiger partial charge < -0.3 is 9.47 Å². The lowest BCUT2D eigenvalue weighted by atomic mass is 9.98. The van der Waals surface area contributed by atoms with Gasteiger partial charge in [-0.1, -0.05) is 13.3 Å². The second kappa shape index (κ2) is 5.59. The van der Waals surface area contributed by atoms with E-state index in [0.717, 1.165) is 25.2 Å². The average Bonchev–Trinajstić information content (AvgIpc) is 2.71. The Hall–Kier alpha value is -1.25. The predicted octanol–water partition coefficient (Wildman–Crippen LogP) is 3.26. The maximum absolute atomic E-state index is 12.5. The number of aryl methyl sites for hydroxylation is 1. The summed E-state index contributed by atoms with van der Waals surface area (Å²) in [7, 11) is 0. The predicted molar refractivity (Wildman–Crippen MR) is 73.9 cm³/mol. The lowest BCUT2D eigenvalue weighted by Gasteiger charge is -2.20. The first kappa shape index (κ1) is 13.2. The van der Waals surface area contributed by atoms with Crippen LogP contribution in [-0.4, -0.2) is 28.5 Å². The molecule has 1 aromatic heterocycles. The minimum absolute atomic E-state index is 0.197. The van der Waals surface area contributed by atoms with E-state index in [4.69, 9.17) is 0 Å². The Labute approximate surface area is 110 Å². The van der Waals surface area contributed by atoms with Gasteiger partial charge in [0, 0.05) is 31.5 Å². The van der Waals surface area contributed by atoms with Crippen molar-refractivity contribution in [3.05, 3.63) is 23.5 Å². The quantitative estimate of drug-likeness (QED) is 0.806. The van der Waals surface area contributed by atoms with Gasteiger partial charge in [0.1, 0.15) is 0 Å². The summed E-state index contributed by atoms with van der Waals surface area (Å²) in [6, 6.07) is 2.01. The number of fused-ring (bicyclic) bond motifs is 1. The highest BCUT2D eigenvalue weighted by molar-refractivity contribution is 5.95. The largest absolute Gasteiger partial charge is 0.350 e. The molecule has 0 fully saturated rings. The number of hydrogen-bond acceptors (Lipinski definition) is 1. The van der Waals surface area contributed by atoms with E-state index in [1.54, 1.807) is 0 Å². The minimum atomic E-state index is 0.197. The van der Waals surface area contributed by atoms with Crippen molar-refractivity contribution in [2.24, 2.45) is 0 Å². The molecule has 0 aliphatic carbocycles. The molecule has 0 radical (unpaired) electrons. The van der Waals surface area contributed by atoms with Gasteiger partial charge in [-0.25, -0.2) is 0 Å². The van der Waals surface area contributed by atoms with Gasteiger partial charge in [-0.05, 0) is 38.7 Å². The number of aromatic nitrogens is 1. The van der Waals surface area contributed by atoms with Crippen LogP contribution in [0.5, 0.6) is 0 Å². The molecule has 1 aromatic rings. The summed E-state index contributed by atoms with van der Waals surface area (Å²) in [5.74, 6) is 0.694. The molecule has 3 heteroatoms. The Morgan fingerprint density at radius 3 is 2.78 bits per heavy atom. The summed E-state index contributed by atoms with van der Waals surface area (Å²) in [4.78, 5) is 14.4. The molecule has 1 atom stereocenters. The minimum Gasteiger partial charge on any atom is -0.350 e. The van der Waals surface area contributed by atoms with Crippen molar-refractivity contribution < 1.29 is 4.79 Å². The number of carbonyl (C=O) groups is 1. The summed E-state index contributed by atoms with van der Waals surface area (Å²) in [5, 5.41) is 0. The van der Waals surface area contributed by atoms with Crippen molar-refractivity contribution in [2.75, 3.05) is 13.1 Å². The van der Waals surface area contributed by atoms with Crippen LogP contribution < -0.4 is 0 Å². The number of nitrogens with zero attached hydrogens (tertiary/aromatic N) is 2. The fourth-order valence-corrected chi connectivity index (χ4v) is 2.96. The third-order valence-corrected chi connectivity index (χ3v) is 4.04. The van der Waals surface area contributed by atoms with E-state index in [9.17, 15) is 4.79 Å². The number of amides is 1. The van der Waals surface area contributed by atoms with Crippen LogP contribution in [0.25, 0.3) is 0 Å². The third-order valence-electron chi connectivity index (χ3n) is 4.04. The standard InChI is InChI=1S/C15H24N2O/c1-4-16(5-2)15(18)13-9-11-17-10-7-6-8-12(3)14(13)17/h9,11-12H,4-8,10H2,1-3H3/t12-/m0/s1. The summed E-state index contributed by atoms with van der Waals surface area (Å²) < 4.78 is 2.29. The zero-order valence-corrected chi connectivity index (χ0v) is 11.8. The lowest BCUT2D eigenvalue weighted by Crippen LogP contribution is -2.31. The second-order valence-corrected chi connectivity index (χ2v) is 5.18. The van der Waals surface area contributed by atoms with Gasteiger partial charge in [0.25, 0.3) is 5.91 Å². The molecule has 0 saturated heterocycles. The van der Waals surface area contributed by atoms with E-state index in [2.05, 4.69) is 17.7 Å². The van der Waals surface area contributed by atoms with Crippen molar-refractivity contribution in [1.29, 1.82) is 0 Å². The van der Waals surface area contributed by atoms with Crippen LogP contribution in [-0.2, 0) is 6.54 Å². The van der Waals surface area contributed by atoms with E-state index in [1.807, 2.05) is 24.8 Å². The second-order valence-electron chi connectivity index (χ2n) is 5.18. The van der Waals surface area contributed by atoms with Crippen LogP contribution in [0.4, 0.5) is 0 Å². The van der Waals surface area contributed by atoms with Gasteiger partial charge >= 0.3 is 0 Å². The number of carbonyl (C=O) groups excluding carboxylic acids is 1. The molecule has 0 spiro atoms. The SMILES string of the molecule is CCN(CC)C(=O)c1ccn2c1[C@@H](C)CCCC2. The Morgan fingerprint density at radius 2 is 2.11 bits per heavy atom. The van der Waals surface area contributed by atoms with Crippen molar-refractivity contribution in [1.82, 2.24) is 9.47 Å². The van der Waals surface area contributed by atoms with E-state index in [1.165, 1.54) is 25.0 Å². The Balaban J connectivity index is 2.35. The van der Waals surface area contributed by atoms with Crippen molar-refractivity contribution in [3.8, 4) is 0 Å². The maximum Gasteiger partial charge on any atom is 0.255 e. The monoisotopic (exact) mass is 248 g/mol. The van der Waals surface area contributed by atoms with Crippen LogP contribution in [0.15, 0.2) is 12.3 Å². The maximum atomic E-state index is 12.5. The van der Waals surface area contributed by atoms with E-state index < -0.39 is 0 Å². The molecule has 1 aliphatic heterocycles. The summed E-state index contributed by atoms with van der Waals surface area (Å²) >= 11 is 0. The first-order valence-corrected chi connectivity index (χ1v) is 7.17. The molecule has 100 valence electrons. The Morgan fingerprint density at radius 1 is 1.39 bits per heavy atom. The fourth-order valence-electron chi connectivity index (χ4n) is 2.96. The number of rotatable bonds is 3. The lowest BCUT2D eigenvalue weighted by molar-refractivity contribution is 0.0771. The van der Waals surface area contributed by atoms with Crippen LogP contribution in [0.2, 0.25) is 0 Å². The van der Waals surface area contributed by atoms with Crippen molar-refractivity contribution in [2.45, 2.75) is 52.5 Å². The van der Waals surface area contributed by atoms with E-state index in [0.29, 0.717) is 5.92 Å². The normalized spacial score (nSPS) is 19.2. The highest BCUT2D eigenvalue weighted by Crippen LogP contribution is 2.30. The smallest absolute Gasteiger partial charge is 0.255 e. The van der Waals surface area contributed by atoms with Gasteiger partial charge in [0.2, 0.25) is 0 Å². The molecule has 2 rings (SSSR count). The van der Waals surface area contributed by atoms with E-state index >= 15 is 0 Å². The zero-order chi connectivity index (χ0) is 13.1. The van der Waals surface area contributed by atoms with Crippen molar-refractivity contribution >= 4 is 5.91 Å². The highest BCUT2D eigenvalue weighted by atomic mass is 16.2. The first-order valence-electron chi connectivity index (χ1n) is 7.17. The van der Waals surface area contributed by atoms with Gasteiger partial charge in [-0.15, -0.1) is 0 Å². The van der Waals surface area contributed by atoms with Gasteiger partial charge in [-0.3, -0.25) is 4.79 Å². The molecule has 3 nitrogen and oxygen atoms in total. The molecule has 0 bridgehead atoms. The topological polar surface area (TPSA) is 25.2 Å². The first-order chi connectivity index (χ1) is 8.69. The number of hydrogen-bond donors (Lipinski definition) is 0. The van der Waals surface area contributed by atoms with Crippen molar-refractivity contribution in [3.63, 3.8) is 0 Å². The molecule has 2 heterocycles. The van der Waals surface area contributed by atoms with Gasteiger partial charge in [0.15, 0.2) is 0 Å². The summed E-state index contributed by atoms with van der Waals surface area (Å²) in [6.45, 7) is 8.96. The molecule has 18 heavy (non-hydrogen) atoms. The molecular formula is C15H24N2O. The van der Waals surface area contributed by atoms with Crippen LogP contribution in [0.1, 0.15) is 62.0 Å². The van der Waals surface area contributed by atoms with Crippen LogP contribution >= 0.6 is 0 Å². The van der Waals surface area contributed by atoms with Crippen LogP contribution in [0.3, 0.4) is 0 Å². The summed E-state index contributed by atoms with van der Waals surface area (Å²) in [6.07, 6.45) is 5.78. The Bertz CT molecular complexity index is 418. The molecule has 0 aromatic carbocycles. The molecule has 0 saturated carbocycles. The third kappa shape index (κ3) is 2.31. The molecule has 1 amide bonds. The molecule has 1 aliphatic rings. The zero-order valence-electron chi connectivity index (χ0n) is 11.8. The Kier molecular flexibility index (Phi) is 4.10. The average molecular weight is 248 g/mol.